The summed E-state index contributed by atoms with van der Waals surface area (Å²) in [6.45, 7) is 2.25. The molecule has 10 aromatic carbocycles. The average molecular weight is 800 g/mol. The Morgan fingerprint density at radius 3 is 1.79 bits per heavy atom. The zero-order valence-corrected chi connectivity index (χ0v) is 34.7. The maximum Gasteiger partial charge on any atom is 0.159 e. The molecule has 61 heavy (non-hydrogen) atoms. The highest BCUT2D eigenvalue weighted by Gasteiger charge is 2.22. The second-order valence-electron chi connectivity index (χ2n) is 16.3. The third-order valence-electron chi connectivity index (χ3n) is 12.6. The van der Waals surface area contributed by atoms with E-state index in [4.69, 9.17) is 4.42 Å². The summed E-state index contributed by atoms with van der Waals surface area (Å²) >= 11 is 1.88. The first-order valence-electron chi connectivity index (χ1n) is 21.4. The number of hydrogen-bond acceptors (Lipinski definition) is 3. The predicted molar refractivity (Wildman–Crippen MR) is 263 cm³/mol. The summed E-state index contributed by atoms with van der Waals surface area (Å²) in [6, 6.07) is 71.4. The summed E-state index contributed by atoms with van der Waals surface area (Å²) in [4.78, 5) is 2.40. The molecular formula is C58H41NOS. The molecule has 0 atom stereocenters. The third kappa shape index (κ3) is 5.99. The van der Waals surface area contributed by atoms with Crippen molar-refractivity contribution in [3.05, 3.63) is 200 Å². The van der Waals surface area contributed by atoms with Crippen molar-refractivity contribution in [2.75, 3.05) is 4.90 Å². The average Bonchev–Trinajstić information content (AvgIpc) is 3.89. The number of benzene rings is 10. The lowest BCUT2D eigenvalue weighted by atomic mass is 9.93. The fourth-order valence-electron chi connectivity index (χ4n) is 9.57. The van der Waals surface area contributed by atoms with Crippen LogP contribution in [0.25, 0.3) is 96.7 Å². The first kappa shape index (κ1) is 35.7. The van der Waals surface area contributed by atoms with E-state index in [-0.39, 0.29) is 0 Å². The number of rotatable bonds is 8. The Hall–Kier alpha value is -7.20. The van der Waals surface area contributed by atoms with Crippen LogP contribution in [0.1, 0.15) is 25.3 Å². The molecule has 0 unspecified atom stereocenters. The van der Waals surface area contributed by atoms with Crippen molar-refractivity contribution in [1.29, 1.82) is 0 Å². The number of furan rings is 1. The van der Waals surface area contributed by atoms with Gasteiger partial charge in [0.15, 0.2) is 5.58 Å². The molecule has 12 rings (SSSR count). The highest BCUT2D eigenvalue weighted by molar-refractivity contribution is 7.25. The van der Waals surface area contributed by atoms with E-state index in [2.05, 4.69) is 206 Å². The van der Waals surface area contributed by atoms with Gasteiger partial charge >= 0.3 is 0 Å². The molecule has 0 aliphatic carbocycles. The van der Waals surface area contributed by atoms with Crippen LogP contribution in [-0.2, 0) is 6.42 Å². The molecule has 0 amide bonds. The van der Waals surface area contributed by atoms with E-state index in [9.17, 15) is 0 Å². The van der Waals surface area contributed by atoms with Gasteiger partial charge in [0.25, 0.3) is 0 Å². The van der Waals surface area contributed by atoms with Crippen LogP contribution in [0.2, 0.25) is 0 Å². The number of thiophene rings is 1. The number of aryl methyl sites for hydroxylation is 1. The Labute approximate surface area is 358 Å². The lowest BCUT2D eigenvalue weighted by molar-refractivity contribution is 0.669. The molecule has 0 aliphatic heterocycles. The van der Waals surface area contributed by atoms with E-state index in [0.717, 1.165) is 45.4 Å². The topological polar surface area (TPSA) is 16.4 Å². The van der Waals surface area contributed by atoms with Crippen molar-refractivity contribution >= 4 is 103 Å². The molecule has 0 fully saturated rings. The number of unbranched alkanes of at least 4 members (excludes halogenated alkanes) is 1. The minimum absolute atomic E-state index is 0.869. The summed E-state index contributed by atoms with van der Waals surface area (Å²) in [5.74, 6) is 0. The number of hydrogen-bond donors (Lipinski definition) is 0. The van der Waals surface area contributed by atoms with Crippen LogP contribution in [0.15, 0.2) is 199 Å². The van der Waals surface area contributed by atoms with Crippen molar-refractivity contribution < 1.29 is 4.42 Å². The monoisotopic (exact) mass is 799 g/mol. The fraction of sp³-hybridized carbons (Fsp3) is 0.0690. The summed E-state index contributed by atoms with van der Waals surface area (Å²) in [6.07, 6.45) is 3.52. The van der Waals surface area contributed by atoms with Crippen molar-refractivity contribution in [3.63, 3.8) is 0 Å². The standard InChI is InChI=1S/C58H41NOS/c1-2-3-13-37-24-26-39(27-25-37)40-16-11-17-42(32-40)59(54-23-12-22-48-51-33-41(38-14-5-4-6-15-38)28-30-55(51)60-58(48)54)43-29-31-56-52(34-43)53-35-49-46-20-9-7-18-44(46)45-19-8-10-21-47(45)50(49)36-57(53)61-56/h4-12,14-36H,2-3,13H2,1H3. The second-order valence-corrected chi connectivity index (χ2v) is 17.4. The van der Waals surface area contributed by atoms with Gasteiger partial charge in [0.2, 0.25) is 0 Å². The summed E-state index contributed by atoms with van der Waals surface area (Å²) in [5.41, 5.74) is 11.1. The Balaban J connectivity index is 1.07. The molecular weight excluding hydrogens is 759 g/mol. The number of nitrogens with zero attached hydrogens (tertiary/aromatic N) is 1. The van der Waals surface area contributed by atoms with E-state index < -0.39 is 0 Å². The highest BCUT2D eigenvalue weighted by atomic mass is 32.1. The van der Waals surface area contributed by atoms with Crippen LogP contribution in [0.4, 0.5) is 17.1 Å². The van der Waals surface area contributed by atoms with E-state index >= 15 is 0 Å². The van der Waals surface area contributed by atoms with E-state index in [1.165, 1.54) is 93.1 Å². The van der Waals surface area contributed by atoms with Crippen molar-refractivity contribution in [3.8, 4) is 22.3 Å². The molecule has 0 saturated carbocycles. The van der Waals surface area contributed by atoms with Crippen molar-refractivity contribution in [2.24, 2.45) is 0 Å². The quantitative estimate of drug-likeness (QED) is 0.142. The van der Waals surface area contributed by atoms with Gasteiger partial charge in [0.05, 0.1) is 5.69 Å². The van der Waals surface area contributed by atoms with Crippen LogP contribution in [-0.4, -0.2) is 0 Å². The SMILES string of the molecule is CCCCc1ccc(-c2cccc(N(c3ccc4sc5cc6c7ccccc7c7ccccc7c6cc5c4c3)c3cccc4c3oc3ccc(-c5ccccc5)cc34)c2)cc1. The number of anilines is 3. The molecule has 0 radical (unpaired) electrons. The Morgan fingerprint density at radius 2 is 1.02 bits per heavy atom. The summed E-state index contributed by atoms with van der Waals surface area (Å²) in [5, 5.41) is 12.5. The third-order valence-corrected chi connectivity index (χ3v) is 13.7. The molecule has 2 nitrogen and oxygen atoms in total. The second kappa shape index (κ2) is 14.5. The number of fused-ring (bicyclic) bond motifs is 12. The van der Waals surface area contributed by atoms with Crippen LogP contribution in [0, 0.1) is 0 Å². The van der Waals surface area contributed by atoms with Gasteiger partial charge in [0.1, 0.15) is 5.58 Å². The van der Waals surface area contributed by atoms with Gasteiger partial charge < -0.3 is 9.32 Å². The first-order valence-corrected chi connectivity index (χ1v) is 22.2. The fourth-order valence-corrected chi connectivity index (χ4v) is 10.7. The normalized spacial score (nSPS) is 11.9. The maximum atomic E-state index is 6.89. The maximum absolute atomic E-state index is 6.89. The number of para-hydroxylation sites is 1. The Kier molecular flexibility index (Phi) is 8.50. The molecule has 0 aliphatic rings. The van der Waals surface area contributed by atoms with Gasteiger partial charge in [-0.25, -0.2) is 0 Å². The van der Waals surface area contributed by atoms with Crippen LogP contribution >= 0.6 is 11.3 Å². The van der Waals surface area contributed by atoms with Gasteiger partial charge in [-0.05, 0) is 134 Å². The zero-order chi connectivity index (χ0) is 40.4. The van der Waals surface area contributed by atoms with Crippen molar-refractivity contribution in [1.82, 2.24) is 0 Å². The smallest absolute Gasteiger partial charge is 0.159 e. The van der Waals surface area contributed by atoms with Crippen molar-refractivity contribution in [2.45, 2.75) is 26.2 Å². The van der Waals surface area contributed by atoms with Gasteiger partial charge in [-0.2, -0.15) is 0 Å². The minimum Gasteiger partial charge on any atom is -0.454 e. The Morgan fingerprint density at radius 1 is 0.410 bits per heavy atom. The molecule has 0 N–H and O–H groups in total. The first-order chi connectivity index (χ1) is 30.2. The zero-order valence-electron chi connectivity index (χ0n) is 33.9. The largest absolute Gasteiger partial charge is 0.454 e. The predicted octanol–water partition coefficient (Wildman–Crippen LogP) is 17.6. The molecule has 290 valence electrons. The molecule has 2 heterocycles. The molecule has 0 saturated heterocycles. The van der Waals surface area contributed by atoms with E-state index in [1.54, 1.807) is 0 Å². The molecule has 3 heteroatoms. The van der Waals surface area contributed by atoms with Gasteiger partial charge in [-0.1, -0.05) is 147 Å². The van der Waals surface area contributed by atoms with Crippen LogP contribution < -0.4 is 4.90 Å². The molecule has 12 aromatic rings. The lowest BCUT2D eigenvalue weighted by Crippen LogP contribution is -2.10. The molecule has 2 aromatic heterocycles. The van der Waals surface area contributed by atoms with E-state index in [0.29, 0.717) is 0 Å². The minimum atomic E-state index is 0.869. The van der Waals surface area contributed by atoms with Crippen LogP contribution in [0.3, 0.4) is 0 Å². The highest BCUT2D eigenvalue weighted by Crippen LogP contribution is 2.47. The van der Waals surface area contributed by atoms with Gasteiger partial charge in [-0.3, -0.25) is 0 Å². The Bertz CT molecular complexity index is 3630. The molecule has 0 bridgehead atoms. The molecule has 0 spiro atoms. The van der Waals surface area contributed by atoms with Gasteiger partial charge in [-0.15, -0.1) is 11.3 Å². The van der Waals surface area contributed by atoms with E-state index in [1.807, 2.05) is 11.3 Å². The van der Waals surface area contributed by atoms with Gasteiger partial charge in [0, 0.05) is 42.3 Å². The lowest BCUT2D eigenvalue weighted by Gasteiger charge is -2.26. The summed E-state index contributed by atoms with van der Waals surface area (Å²) < 4.78 is 9.45. The summed E-state index contributed by atoms with van der Waals surface area (Å²) in [7, 11) is 0. The van der Waals surface area contributed by atoms with Crippen LogP contribution in [0.5, 0.6) is 0 Å².